The molecule has 0 bridgehead atoms. The second kappa shape index (κ2) is 13.3. The molecule has 1 fully saturated rings. The SMILES string of the molecule is C/C(N)=C/NCN1CCN(C)CC1.CC.CC. The smallest absolute Gasteiger partial charge is 0.0674 e. The van der Waals surface area contributed by atoms with Crippen LogP contribution >= 0.6 is 0 Å². The maximum Gasteiger partial charge on any atom is 0.0674 e. The van der Waals surface area contributed by atoms with Crippen LogP contribution in [0.4, 0.5) is 0 Å². The van der Waals surface area contributed by atoms with Crippen molar-refractivity contribution in [3.63, 3.8) is 0 Å². The molecule has 0 amide bonds. The molecule has 0 aliphatic carbocycles. The predicted molar refractivity (Wildman–Crippen MR) is 77.7 cm³/mol. The number of hydrogen-bond donors (Lipinski definition) is 2. The number of nitrogens with zero attached hydrogens (tertiary/aromatic N) is 2. The minimum Gasteiger partial charge on any atom is -0.401 e. The van der Waals surface area contributed by atoms with Crippen molar-refractivity contribution in [1.82, 2.24) is 15.1 Å². The van der Waals surface area contributed by atoms with Gasteiger partial charge in [0.1, 0.15) is 0 Å². The van der Waals surface area contributed by atoms with E-state index in [1.807, 2.05) is 40.8 Å². The number of allylic oxidation sites excluding steroid dienone is 1. The van der Waals surface area contributed by atoms with Gasteiger partial charge in [-0.1, -0.05) is 27.7 Å². The van der Waals surface area contributed by atoms with E-state index in [0.717, 1.165) is 38.5 Å². The summed E-state index contributed by atoms with van der Waals surface area (Å²) in [4.78, 5) is 4.74. The lowest BCUT2D eigenvalue weighted by atomic mass is 10.3. The second-order valence-corrected chi connectivity index (χ2v) is 3.67. The quantitative estimate of drug-likeness (QED) is 0.792. The third-order valence-electron chi connectivity index (χ3n) is 2.24. The fourth-order valence-corrected chi connectivity index (χ4v) is 1.34. The van der Waals surface area contributed by atoms with Crippen molar-refractivity contribution in [2.45, 2.75) is 34.6 Å². The van der Waals surface area contributed by atoms with Crippen LogP contribution in [0, 0.1) is 0 Å². The lowest BCUT2D eigenvalue weighted by Crippen LogP contribution is -2.47. The maximum atomic E-state index is 5.50. The van der Waals surface area contributed by atoms with E-state index in [1.165, 1.54) is 0 Å². The lowest BCUT2D eigenvalue weighted by Gasteiger charge is -2.32. The third kappa shape index (κ3) is 11.5. The highest BCUT2D eigenvalue weighted by Gasteiger charge is 2.11. The standard InChI is InChI=1S/C9H20N4.2C2H6/c1-9(10)7-11-8-13-5-3-12(2)4-6-13;2*1-2/h7,11H,3-6,8,10H2,1-2H3;2*1-2H3/b9-7-;;. The number of rotatable bonds is 3. The molecule has 3 N–H and O–H groups in total. The van der Waals surface area contributed by atoms with Crippen molar-refractivity contribution in [3.05, 3.63) is 11.9 Å². The van der Waals surface area contributed by atoms with E-state index in [1.54, 1.807) is 0 Å². The zero-order valence-electron chi connectivity index (χ0n) is 12.6. The molecular formula is C13H32N4. The van der Waals surface area contributed by atoms with Gasteiger partial charge in [0, 0.05) is 38.1 Å². The molecule has 1 heterocycles. The fraction of sp³-hybridized carbons (Fsp3) is 0.846. The molecule has 17 heavy (non-hydrogen) atoms. The number of likely N-dealkylation sites (N-methyl/N-ethyl adjacent to an activating group) is 1. The molecule has 104 valence electrons. The Hall–Kier alpha value is -0.740. The molecule has 0 aromatic carbocycles. The van der Waals surface area contributed by atoms with Crippen LogP contribution in [0.25, 0.3) is 0 Å². The highest BCUT2D eigenvalue weighted by Crippen LogP contribution is 1.96. The van der Waals surface area contributed by atoms with Crippen molar-refractivity contribution in [2.24, 2.45) is 5.73 Å². The van der Waals surface area contributed by atoms with Crippen LogP contribution < -0.4 is 11.1 Å². The minimum absolute atomic E-state index is 0.828. The van der Waals surface area contributed by atoms with Crippen molar-refractivity contribution in [2.75, 3.05) is 39.9 Å². The Bertz CT molecular complexity index is 168. The van der Waals surface area contributed by atoms with Gasteiger partial charge in [-0.25, -0.2) is 0 Å². The molecule has 1 aliphatic rings. The normalized spacial score (nSPS) is 17.4. The molecule has 0 aromatic rings. The van der Waals surface area contributed by atoms with Crippen molar-refractivity contribution < 1.29 is 0 Å². The van der Waals surface area contributed by atoms with E-state index in [4.69, 9.17) is 5.73 Å². The summed E-state index contributed by atoms with van der Waals surface area (Å²) in [6.07, 6.45) is 1.86. The molecule has 0 saturated carbocycles. The van der Waals surface area contributed by atoms with E-state index < -0.39 is 0 Å². The molecule has 0 radical (unpaired) electrons. The molecule has 1 aliphatic heterocycles. The van der Waals surface area contributed by atoms with E-state index in [0.29, 0.717) is 0 Å². The van der Waals surface area contributed by atoms with Crippen LogP contribution in [0.1, 0.15) is 34.6 Å². The van der Waals surface area contributed by atoms with Crippen molar-refractivity contribution in [1.29, 1.82) is 0 Å². The van der Waals surface area contributed by atoms with Gasteiger partial charge in [0.2, 0.25) is 0 Å². The third-order valence-corrected chi connectivity index (χ3v) is 2.24. The lowest BCUT2D eigenvalue weighted by molar-refractivity contribution is 0.150. The largest absolute Gasteiger partial charge is 0.401 e. The molecular weight excluding hydrogens is 212 g/mol. The number of nitrogens with two attached hydrogens (primary N) is 1. The number of piperazine rings is 1. The monoisotopic (exact) mass is 244 g/mol. The molecule has 0 unspecified atom stereocenters. The van der Waals surface area contributed by atoms with Crippen LogP contribution in [0.15, 0.2) is 11.9 Å². The highest BCUT2D eigenvalue weighted by molar-refractivity contribution is 4.89. The topological polar surface area (TPSA) is 44.5 Å². The van der Waals surface area contributed by atoms with Gasteiger partial charge in [0.05, 0.1) is 6.67 Å². The number of hydrogen-bond acceptors (Lipinski definition) is 4. The molecule has 0 atom stereocenters. The molecule has 1 saturated heterocycles. The van der Waals surface area contributed by atoms with E-state index in [2.05, 4.69) is 22.2 Å². The van der Waals surface area contributed by atoms with Gasteiger partial charge in [-0.05, 0) is 14.0 Å². The number of nitrogens with one attached hydrogen (secondary N) is 1. The fourth-order valence-electron chi connectivity index (χ4n) is 1.34. The first-order chi connectivity index (χ1) is 8.18. The Morgan fingerprint density at radius 1 is 1.12 bits per heavy atom. The van der Waals surface area contributed by atoms with Gasteiger partial charge < -0.3 is 16.0 Å². The molecule has 4 nitrogen and oxygen atoms in total. The summed E-state index contributed by atoms with van der Waals surface area (Å²) < 4.78 is 0. The second-order valence-electron chi connectivity index (χ2n) is 3.67. The van der Waals surface area contributed by atoms with E-state index >= 15 is 0 Å². The van der Waals surface area contributed by atoms with Gasteiger partial charge in [-0.15, -0.1) is 0 Å². The summed E-state index contributed by atoms with van der Waals surface area (Å²) in [6, 6.07) is 0. The Morgan fingerprint density at radius 3 is 2.00 bits per heavy atom. The summed E-state index contributed by atoms with van der Waals surface area (Å²) in [5.74, 6) is 0. The predicted octanol–water partition coefficient (Wildman–Crippen LogP) is 1.65. The van der Waals surface area contributed by atoms with Crippen LogP contribution in [-0.2, 0) is 0 Å². The average Bonchev–Trinajstić information content (AvgIpc) is 2.36. The zero-order valence-corrected chi connectivity index (χ0v) is 12.6. The summed E-state index contributed by atoms with van der Waals surface area (Å²) in [5.41, 5.74) is 6.33. The average molecular weight is 244 g/mol. The van der Waals surface area contributed by atoms with Gasteiger partial charge >= 0.3 is 0 Å². The Kier molecular flexibility index (Phi) is 14.6. The Labute approximate surface area is 108 Å². The Morgan fingerprint density at radius 2 is 1.59 bits per heavy atom. The van der Waals surface area contributed by atoms with Crippen LogP contribution in [-0.4, -0.2) is 49.7 Å². The van der Waals surface area contributed by atoms with Crippen LogP contribution in [0.2, 0.25) is 0 Å². The van der Waals surface area contributed by atoms with Crippen molar-refractivity contribution >= 4 is 0 Å². The summed E-state index contributed by atoms with van der Waals surface area (Å²) >= 11 is 0. The maximum absolute atomic E-state index is 5.50. The van der Waals surface area contributed by atoms with Gasteiger partial charge in [-0.2, -0.15) is 0 Å². The first-order valence-electron chi connectivity index (χ1n) is 6.75. The molecule has 1 rings (SSSR count). The minimum atomic E-state index is 0.828. The summed E-state index contributed by atoms with van der Waals surface area (Å²) in [6.45, 7) is 15.4. The summed E-state index contributed by atoms with van der Waals surface area (Å²) in [5, 5.41) is 3.19. The van der Waals surface area contributed by atoms with Gasteiger partial charge in [0.15, 0.2) is 0 Å². The highest BCUT2D eigenvalue weighted by atomic mass is 15.3. The van der Waals surface area contributed by atoms with E-state index in [-0.39, 0.29) is 0 Å². The van der Waals surface area contributed by atoms with Crippen LogP contribution in [0.3, 0.4) is 0 Å². The van der Waals surface area contributed by atoms with E-state index in [9.17, 15) is 0 Å². The summed E-state index contributed by atoms with van der Waals surface area (Å²) in [7, 11) is 2.16. The zero-order chi connectivity index (χ0) is 13.7. The van der Waals surface area contributed by atoms with Gasteiger partial charge in [-0.3, -0.25) is 4.90 Å². The Balaban J connectivity index is 0. The van der Waals surface area contributed by atoms with Gasteiger partial charge in [0.25, 0.3) is 0 Å². The van der Waals surface area contributed by atoms with Crippen LogP contribution in [0.5, 0.6) is 0 Å². The first kappa shape index (κ1) is 18.6. The first-order valence-corrected chi connectivity index (χ1v) is 6.75. The molecule has 0 aromatic heterocycles. The molecule has 4 heteroatoms. The van der Waals surface area contributed by atoms with Crippen molar-refractivity contribution in [3.8, 4) is 0 Å². The molecule has 0 spiro atoms.